The number of sulfone groups is 1. The Labute approximate surface area is 123 Å². The van der Waals surface area contributed by atoms with Crippen molar-refractivity contribution in [3.63, 3.8) is 0 Å². The SMILES string of the molecule is C=CS(=O)(=O)CCC(=O)Nc1ccc(N(C)C(C)=O)nc1. The number of amides is 2. The van der Waals surface area contributed by atoms with Gasteiger partial charge >= 0.3 is 0 Å². The zero-order valence-corrected chi connectivity index (χ0v) is 12.7. The molecule has 21 heavy (non-hydrogen) atoms. The third kappa shape index (κ3) is 5.35. The Morgan fingerprint density at radius 1 is 1.43 bits per heavy atom. The molecule has 0 radical (unpaired) electrons. The van der Waals surface area contributed by atoms with Crippen LogP contribution < -0.4 is 10.2 Å². The minimum Gasteiger partial charge on any atom is -0.325 e. The lowest BCUT2D eigenvalue weighted by atomic mass is 10.3. The molecule has 1 heterocycles. The predicted molar refractivity (Wildman–Crippen MR) is 80.6 cm³/mol. The van der Waals surface area contributed by atoms with Crippen LogP contribution in [-0.4, -0.2) is 38.0 Å². The standard InChI is InChI=1S/C13H17N3O4S/c1-4-21(19,20)8-7-13(18)15-11-5-6-12(14-9-11)16(3)10(2)17/h4-6,9H,1,7-8H2,2-3H3,(H,15,18). The predicted octanol–water partition coefficient (Wildman–Crippen LogP) is 0.951. The van der Waals surface area contributed by atoms with E-state index in [1.165, 1.54) is 18.0 Å². The summed E-state index contributed by atoms with van der Waals surface area (Å²) in [5.74, 6) is -0.431. The van der Waals surface area contributed by atoms with Crippen LogP contribution in [0, 0.1) is 0 Å². The minimum atomic E-state index is -3.39. The summed E-state index contributed by atoms with van der Waals surface area (Å²) in [6.07, 6.45) is 1.23. The van der Waals surface area contributed by atoms with Gasteiger partial charge < -0.3 is 10.2 Å². The molecule has 114 valence electrons. The highest BCUT2D eigenvalue weighted by Crippen LogP contribution is 2.13. The summed E-state index contributed by atoms with van der Waals surface area (Å²) in [4.78, 5) is 28.2. The van der Waals surface area contributed by atoms with Gasteiger partial charge in [-0.3, -0.25) is 9.59 Å². The first-order valence-electron chi connectivity index (χ1n) is 6.10. The Kier molecular flexibility index (Phi) is 5.60. The Morgan fingerprint density at radius 2 is 2.10 bits per heavy atom. The van der Waals surface area contributed by atoms with Crippen molar-refractivity contribution < 1.29 is 18.0 Å². The van der Waals surface area contributed by atoms with E-state index in [2.05, 4.69) is 16.9 Å². The molecule has 1 rings (SSSR count). The van der Waals surface area contributed by atoms with Crippen LogP contribution >= 0.6 is 0 Å². The Morgan fingerprint density at radius 3 is 2.57 bits per heavy atom. The van der Waals surface area contributed by atoms with Crippen molar-refractivity contribution in [2.75, 3.05) is 23.0 Å². The minimum absolute atomic E-state index is 0.158. The molecule has 0 aliphatic heterocycles. The molecule has 0 saturated carbocycles. The molecule has 0 saturated heterocycles. The van der Waals surface area contributed by atoms with E-state index in [1.54, 1.807) is 19.2 Å². The second-order valence-electron chi connectivity index (χ2n) is 4.31. The fourth-order valence-corrected chi connectivity index (χ4v) is 2.00. The average molecular weight is 311 g/mol. The van der Waals surface area contributed by atoms with Crippen LogP contribution in [0.2, 0.25) is 0 Å². The van der Waals surface area contributed by atoms with Gasteiger partial charge in [0, 0.05) is 25.8 Å². The number of hydrogen-bond donors (Lipinski definition) is 1. The first-order chi connectivity index (χ1) is 9.75. The number of nitrogens with one attached hydrogen (secondary N) is 1. The summed E-state index contributed by atoms with van der Waals surface area (Å²) in [6.45, 7) is 4.59. The maximum Gasteiger partial charge on any atom is 0.225 e. The molecule has 0 spiro atoms. The third-order valence-electron chi connectivity index (χ3n) is 2.72. The van der Waals surface area contributed by atoms with Crippen molar-refractivity contribution >= 4 is 33.2 Å². The highest BCUT2D eigenvalue weighted by Gasteiger charge is 2.11. The number of nitrogens with zero attached hydrogens (tertiary/aromatic N) is 2. The van der Waals surface area contributed by atoms with Crippen molar-refractivity contribution in [1.29, 1.82) is 0 Å². The van der Waals surface area contributed by atoms with Crippen LogP contribution in [0.3, 0.4) is 0 Å². The van der Waals surface area contributed by atoms with Gasteiger partial charge in [0.25, 0.3) is 0 Å². The quantitative estimate of drug-likeness (QED) is 0.843. The number of carbonyl (C=O) groups excluding carboxylic acids is 2. The van der Waals surface area contributed by atoms with Gasteiger partial charge in [0.05, 0.1) is 17.6 Å². The maximum atomic E-state index is 11.6. The number of hydrogen-bond acceptors (Lipinski definition) is 5. The van der Waals surface area contributed by atoms with Crippen molar-refractivity contribution in [3.05, 3.63) is 30.3 Å². The van der Waals surface area contributed by atoms with E-state index in [9.17, 15) is 18.0 Å². The number of pyridine rings is 1. The lowest BCUT2D eigenvalue weighted by Gasteiger charge is -2.14. The normalized spacial score (nSPS) is 10.8. The zero-order valence-electron chi connectivity index (χ0n) is 11.9. The molecule has 0 atom stereocenters. The van der Waals surface area contributed by atoms with Gasteiger partial charge in [-0.05, 0) is 12.1 Å². The Hall–Kier alpha value is -2.22. The summed E-state index contributed by atoms with van der Waals surface area (Å²) in [6, 6.07) is 3.17. The van der Waals surface area contributed by atoms with E-state index in [-0.39, 0.29) is 18.1 Å². The molecule has 0 fully saturated rings. The molecule has 1 aromatic rings. The van der Waals surface area contributed by atoms with Crippen molar-refractivity contribution in [2.45, 2.75) is 13.3 Å². The van der Waals surface area contributed by atoms with E-state index in [1.807, 2.05) is 0 Å². The summed E-state index contributed by atoms with van der Waals surface area (Å²) in [5, 5.41) is 3.36. The van der Waals surface area contributed by atoms with Crippen LogP contribution in [0.5, 0.6) is 0 Å². The second kappa shape index (κ2) is 6.98. The van der Waals surface area contributed by atoms with Crippen LogP contribution in [0.15, 0.2) is 30.3 Å². The largest absolute Gasteiger partial charge is 0.325 e. The lowest BCUT2D eigenvalue weighted by Crippen LogP contribution is -2.23. The smallest absolute Gasteiger partial charge is 0.225 e. The van der Waals surface area contributed by atoms with Gasteiger partial charge in [0.15, 0.2) is 9.84 Å². The molecule has 0 bridgehead atoms. The first-order valence-corrected chi connectivity index (χ1v) is 7.82. The number of aromatic nitrogens is 1. The Balaban J connectivity index is 2.62. The monoisotopic (exact) mass is 311 g/mol. The van der Waals surface area contributed by atoms with Gasteiger partial charge in [-0.25, -0.2) is 13.4 Å². The fraction of sp³-hybridized carbons (Fsp3) is 0.308. The van der Waals surface area contributed by atoms with E-state index in [0.29, 0.717) is 11.5 Å². The van der Waals surface area contributed by atoms with Crippen molar-refractivity contribution in [3.8, 4) is 0 Å². The number of rotatable bonds is 6. The fourth-order valence-electron chi connectivity index (χ4n) is 1.36. The molecule has 1 aromatic heterocycles. The first kappa shape index (κ1) is 16.8. The number of carbonyl (C=O) groups is 2. The lowest BCUT2D eigenvalue weighted by molar-refractivity contribution is -0.116. The summed E-state index contributed by atoms with van der Waals surface area (Å²) in [5.41, 5.74) is 0.428. The van der Waals surface area contributed by atoms with E-state index in [4.69, 9.17) is 0 Å². The van der Waals surface area contributed by atoms with E-state index < -0.39 is 15.7 Å². The van der Waals surface area contributed by atoms with Gasteiger partial charge in [-0.2, -0.15) is 0 Å². The highest BCUT2D eigenvalue weighted by atomic mass is 32.2. The number of anilines is 2. The van der Waals surface area contributed by atoms with Crippen molar-refractivity contribution in [1.82, 2.24) is 4.98 Å². The highest BCUT2D eigenvalue weighted by molar-refractivity contribution is 7.94. The second-order valence-corrected chi connectivity index (χ2v) is 6.38. The van der Waals surface area contributed by atoms with E-state index in [0.717, 1.165) is 5.41 Å². The zero-order chi connectivity index (χ0) is 16.0. The van der Waals surface area contributed by atoms with Gasteiger partial charge in [-0.15, -0.1) is 0 Å². The molecule has 2 amide bonds. The Bertz CT molecular complexity index is 638. The summed E-state index contributed by atoms with van der Waals surface area (Å²) >= 11 is 0. The molecular weight excluding hydrogens is 294 g/mol. The topological polar surface area (TPSA) is 96.4 Å². The van der Waals surface area contributed by atoms with Crippen molar-refractivity contribution in [2.24, 2.45) is 0 Å². The molecule has 0 aromatic carbocycles. The molecule has 0 unspecified atom stereocenters. The molecular formula is C13H17N3O4S. The summed E-state index contributed by atoms with van der Waals surface area (Å²) < 4.78 is 22.4. The van der Waals surface area contributed by atoms with Crippen LogP contribution in [0.4, 0.5) is 11.5 Å². The van der Waals surface area contributed by atoms with Crippen LogP contribution in [0.25, 0.3) is 0 Å². The molecule has 8 heteroatoms. The van der Waals surface area contributed by atoms with E-state index >= 15 is 0 Å². The molecule has 0 aliphatic carbocycles. The summed E-state index contributed by atoms with van der Waals surface area (Å²) in [7, 11) is -1.80. The maximum absolute atomic E-state index is 11.6. The van der Waals surface area contributed by atoms with Crippen LogP contribution in [0.1, 0.15) is 13.3 Å². The molecule has 0 aliphatic rings. The van der Waals surface area contributed by atoms with Gasteiger partial charge in [0.1, 0.15) is 5.82 Å². The third-order valence-corrected chi connectivity index (χ3v) is 4.00. The molecule has 7 nitrogen and oxygen atoms in total. The average Bonchev–Trinajstić information content (AvgIpc) is 2.45. The van der Waals surface area contributed by atoms with Gasteiger partial charge in [0.2, 0.25) is 11.8 Å². The molecule has 1 N–H and O–H groups in total. The van der Waals surface area contributed by atoms with Crippen LogP contribution in [-0.2, 0) is 19.4 Å². The van der Waals surface area contributed by atoms with Gasteiger partial charge in [-0.1, -0.05) is 6.58 Å².